The van der Waals surface area contributed by atoms with E-state index in [2.05, 4.69) is 42.5 Å². The van der Waals surface area contributed by atoms with Gasteiger partial charge in [0.25, 0.3) is 0 Å². The predicted molar refractivity (Wildman–Crippen MR) is 78.6 cm³/mol. The number of allylic oxidation sites excluding steroid dienone is 2. The van der Waals surface area contributed by atoms with Gasteiger partial charge in [-0.25, -0.2) is 0 Å². The minimum atomic E-state index is 0.804. The van der Waals surface area contributed by atoms with Gasteiger partial charge in [-0.1, -0.05) is 54.1 Å². The quantitative estimate of drug-likeness (QED) is 0.670. The van der Waals surface area contributed by atoms with E-state index in [1.54, 1.807) is 0 Å². The van der Waals surface area contributed by atoms with Crippen molar-refractivity contribution in [2.45, 2.75) is 19.3 Å². The number of halogens is 1. The van der Waals surface area contributed by atoms with Gasteiger partial charge in [-0.05, 0) is 53.7 Å². The monoisotopic (exact) mass is 254 g/mol. The zero-order valence-corrected chi connectivity index (χ0v) is 11.0. The van der Waals surface area contributed by atoms with Gasteiger partial charge in [0.05, 0.1) is 0 Å². The van der Waals surface area contributed by atoms with Crippen LogP contribution in [0.3, 0.4) is 0 Å². The summed E-state index contributed by atoms with van der Waals surface area (Å²) in [6.07, 6.45) is 3.61. The van der Waals surface area contributed by atoms with Gasteiger partial charge < -0.3 is 0 Å². The summed E-state index contributed by atoms with van der Waals surface area (Å²) >= 11 is 5.96. The Hall–Kier alpha value is -1.53. The molecule has 0 N–H and O–H groups in total. The lowest BCUT2D eigenvalue weighted by atomic mass is 9.97. The second kappa shape index (κ2) is 4.99. The second-order valence-corrected chi connectivity index (χ2v) is 5.12. The van der Waals surface area contributed by atoms with Crippen LogP contribution in [0.4, 0.5) is 0 Å². The van der Waals surface area contributed by atoms with Gasteiger partial charge in [-0.3, -0.25) is 0 Å². The molecule has 0 fully saturated rings. The lowest BCUT2D eigenvalue weighted by molar-refractivity contribution is 0.942. The summed E-state index contributed by atoms with van der Waals surface area (Å²) in [5.41, 5.74) is 5.66. The van der Waals surface area contributed by atoms with E-state index in [1.165, 1.54) is 41.5 Å². The third-order valence-corrected chi connectivity index (χ3v) is 3.78. The van der Waals surface area contributed by atoms with Gasteiger partial charge in [-0.15, -0.1) is 0 Å². The SMILES string of the molecule is Clc1ccc(C2=C(c3ccccc3)CCC2)cc1. The third kappa shape index (κ3) is 2.21. The molecule has 0 amide bonds. The van der Waals surface area contributed by atoms with E-state index in [9.17, 15) is 0 Å². The molecule has 0 aliphatic heterocycles. The van der Waals surface area contributed by atoms with E-state index in [0.29, 0.717) is 0 Å². The van der Waals surface area contributed by atoms with Crippen molar-refractivity contribution in [1.82, 2.24) is 0 Å². The Labute approximate surface area is 113 Å². The first-order valence-corrected chi connectivity index (χ1v) is 6.76. The Bertz CT molecular complexity index is 564. The summed E-state index contributed by atoms with van der Waals surface area (Å²) in [4.78, 5) is 0. The molecule has 0 bridgehead atoms. The van der Waals surface area contributed by atoms with Crippen LogP contribution in [0, 0.1) is 0 Å². The van der Waals surface area contributed by atoms with Crippen molar-refractivity contribution in [3.05, 3.63) is 70.7 Å². The molecule has 0 radical (unpaired) electrons. The van der Waals surface area contributed by atoms with Crippen molar-refractivity contribution in [3.8, 4) is 0 Å². The maximum Gasteiger partial charge on any atom is 0.0406 e. The first-order valence-electron chi connectivity index (χ1n) is 6.38. The highest BCUT2D eigenvalue weighted by Gasteiger charge is 2.17. The minimum Gasteiger partial charge on any atom is -0.0843 e. The average molecular weight is 255 g/mol. The summed E-state index contributed by atoms with van der Waals surface area (Å²) in [6.45, 7) is 0. The molecular formula is C17H15Cl. The molecule has 0 saturated heterocycles. The van der Waals surface area contributed by atoms with Gasteiger partial charge in [-0.2, -0.15) is 0 Å². The summed E-state index contributed by atoms with van der Waals surface area (Å²) in [5, 5.41) is 0.804. The van der Waals surface area contributed by atoms with E-state index in [0.717, 1.165) is 5.02 Å². The molecule has 90 valence electrons. The van der Waals surface area contributed by atoms with Crippen LogP contribution < -0.4 is 0 Å². The van der Waals surface area contributed by atoms with Crippen LogP contribution in [0.25, 0.3) is 11.1 Å². The van der Waals surface area contributed by atoms with E-state index in [1.807, 2.05) is 12.1 Å². The summed E-state index contributed by atoms with van der Waals surface area (Å²) in [6, 6.07) is 18.9. The fourth-order valence-corrected chi connectivity index (χ4v) is 2.80. The highest BCUT2D eigenvalue weighted by Crippen LogP contribution is 2.39. The summed E-state index contributed by atoms with van der Waals surface area (Å²) in [5.74, 6) is 0. The van der Waals surface area contributed by atoms with Crippen LogP contribution in [0.2, 0.25) is 5.02 Å². The first kappa shape index (κ1) is 11.6. The van der Waals surface area contributed by atoms with Gasteiger partial charge >= 0.3 is 0 Å². The van der Waals surface area contributed by atoms with Gasteiger partial charge in [0.1, 0.15) is 0 Å². The van der Waals surface area contributed by atoms with E-state index < -0.39 is 0 Å². The van der Waals surface area contributed by atoms with E-state index >= 15 is 0 Å². The second-order valence-electron chi connectivity index (χ2n) is 4.68. The Morgan fingerprint density at radius 2 is 1.22 bits per heavy atom. The lowest BCUT2D eigenvalue weighted by Gasteiger charge is -2.08. The fraction of sp³-hybridized carbons (Fsp3) is 0.176. The average Bonchev–Trinajstić information content (AvgIpc) is 2.90. The van der Waals surface area contributed by atoms with Crippen LogP contribution in [-0.2, 0) is 0 Å². The molecule has 0 atom stereocenters. The minimum absolute atomic E-state index is 0.804. The van der Waals surface area contributed by atoms with E-state index in [4.69, 9.17) is 11.6 Å². The molecule has 0 aromatic heterocycles. The van der Waals surface area contributed by atoms with Crippen molar-refractivity contribution in [2.75, 3.05) is 0 Å². The molecule has 1 aliphatic rings. The maximum absolute atomic E-state index is 5.96. The number of hydrogen-bond donors (Lipinski definition) is 0. The molecule has 1 heteroatoms. The Kier molecular flexibility index (Phi) is 3.21. The van der Waals surface area contributed by atoms with Crippen LogP contribution in [0.5, 0.6) is 0 Å². The van der Waals surface area contributed by atoms with Crippen LogP contribution >= 0.6 is 11.6 Å². The van der Waals surface area contributed by atoms with Gasteiger partial charge in [0.15, 0.2) is 0 Å². The third-order valence-electron chi connectivity index (χ3n) is 3.53. The molecular weight excluding hydrogens is 240 g/mol. The highest BCUT2D eigenvalue weighted by molar-refractivity contribution is 6.30. The molecule has 0 heterocycles. The molecule has 18 heavy (non-hydrogen) atoms. The Balaban J connectivity index is 2.06. The molecule has 3 rings (SSSR count). The zero-order chi connectivity index (χ0) is 12.4. The normalized spacial score (nSPS) is 15.2. The van der Waals surface area contributed by atoms with Gasteiger partial charge in [0, 0.05) is 5.02 Å². The van der Waals surface area contributed by atoms with Crippen molar-refractivity contribution in [2.24, 2.45) is 0 Å². The van der Waals surface area contributed by atoms with Crippen molar-refractivity contribution >= 4 is 22.7 Å². The molecule has 0 saturated carbocycles. The van der Waals surface area contributed by atoms with Crippen molar-refractivity contribution < 1.29 is 0 Å². The maximum atomic E-state index is 5.96. The van der Waals surface area contributed by atoms with Crippen LogP contribution in [-0.4, -0.2) is 0 Å². The standard InChI is InChI=1S/C17H15Cl/c18-15-11-9-14(10-12-15)17-8-4-7-16(17)13-5-2-1-3-6-13/h1-3,5-6,9-12H,4,7-8H2. The van der Waals surface area contributed by atoms with Crippen molar-refractivity contribution in [3.63, 3.8) is 0 Å². The Morgan fingerprint density at radius 1 is 0.667 bits per heavy atom. The predicted octanol–water partition coefficient (Wildman–Crippen LogP) is 5.43. The molecule has 0 unspecified atom stereocenters. The molecule has 0 spiro atoms. The van der Waals surface area contributed by atoms with Crippen LogP contribution in [0.1, 0.15) is 30.4 Å². The summed E-state index contributed by atoms with van der Waals surface area (Å²) < 4.78 is 0. The van der Waals surface area contributed by atoms with Crippen molar-refractivity contribution in [1.29, 1.82) is 0 Å². The molecule has 2 aromatic carbocycles. The van der Waals surface area contributed by atoms with Gasteiger partial charge in [0.2, 0.25) is 0 Å². The molecule has 0 nitrogen and oxygen atoms in total. The van der Waals surface area contributed by atoms with E-state index in [-0.39, 0.29) is 0 Å². The molecule has 1 aliphatic carbocycles. The lowest BCUT2D eigenvalue weighted by Crippen LogP contribution is -1.85. The topological polar surface area (TPSA) is 0 Å². The fourth-order valence-electron chi connectivity index (χ4n) is 2.67. The summed E-state index contributed by atoms with van der Waals surface area (Å²) in [7, 11) is 0. The Morgan fingerprint density at radius 3 is 1.83 bits per heavy atom. The first-order chi connectivity index (χ1) is 8.84. The zero-order valence-electron chi connectivity index (χ0n) is 10.2. The smallest absolute Gasteiger partial charge is 0.0406 e. The number of hydrogen-bond acceptors (Lipinski definition) is 0. The van der Waals surface area contributed by atoms with Crippen LogP contribution in [0.15, 0.2) is 54.6 Å². The number of rotatable bonds is 2. The number of benzene rings is 2. The molecule has 2 aromatic rings. The highest BCUT2D eigenvalue weighted by atomic mass is 35.5. The largest absolute Gasteiger partial charge is 0.0843 e.